The number of hydrogen-bond donors (Lipinski definition) is 1. The molecule has 0 spiro atoms. The van der Waals surface area contributed by atoms with Crippen molar-refractivity contribution in [3.05, 3.63) is 34.3 Å². The highest BCUT2D eigenvalue weighted by Crippen LogP contribution is 2.27. The van der Waals surface area contributed by atoms with Crippen molar-refractivity contribution in [3.8, 4) is 0 Å². The summed E-state index contributed by atoms with van der Waals surface area (Å²) in [5, 5.41) is 2.58. The molecule has 0 aliphatic heterocycles. The highest BCUT2D eigenvalue weighted by atomic mass is 79.9. The lowest BCUT2D eigenvalue weighted by molar-refractivity contribution is -0.0287. The SMILES string of the molecule is CNC(C)C(F)(F)Cc1ccccc1Br. The minimum Gasteiger partial charge on any atom is -0.312 e. The zero-order chi connectivity index (χ0) is 11.5. The molecule has 1 aromatic rings. The van der Waals surface area contributed by atoms with Crippen LogP contribution >= 0.6 is 15.9 Å². The molecule has 0 radical (unpaired) electrons. The highest BCUT2D eigenvalue weighted by molar-refractivity contribution is 9.10. The first-order chi connectivity index (χ1) is 6.97. The average molecular weight is 278 g/mol. The molecule has 1 atom stereocenters. The first-order valence-corrected chi connectivity index (χ1v) is 5.55. The van der Waals surface area contributed by atoms with Crippen molar-refractivity contribution in [3.63, 3.8) is 0 Å². The summed E-state index contributed by atoms with van der Waals surface area (Å²) in [6, 6.07) is 6.23. The molecule has 0 bridgehead atoms. The smallest absolute Gasteiger partial charge is 0.266 e. The van der Waals surface area contributed by atoms with Crippen molar-refractivity contribution in [1.29, 1.82) is 0 Å². The van der Waals surface area contributed by atoms with E-state index in [1.165, 1.54) is 6.92 Å². The van der Waals surface area contributed by atoms with Gasteiger partial charge in [-0.05, 0) is 25.6 Å². The summed E-state index contributed by atoms with van der Waals surface area (Å²) in [5.41, 5.74) is 0.629. The highest BCUT2D eigenvalue weighted by Gasteiger charge is 2.35. The van der Waals surface area contributed by atoms with Gasteiger partial charge in [0, 0.05) is 10.9 Å². The van der Waals surface area contributed by atoms with Gasteiger partial charge in [0.2, 0.25) is 0 Å². The molecular weight excluding hydrogens is 264 g/mol. The largest absolute Gasteiger partial charge is 0.312 e. The molecule has 4 heteroatoms. The van der Waals surface area contributed by atoms with Gasteiger partial charge >= 0.3 is 0 Å². The summed E-state index contributed by atoms with van der Waals surface area (Å²) < 4.78 is 27.9. The van der Waals surface area contributed by atoms with Gasteiger partial charge in [-0.15, -0.1) is 0 Å². The molecule has 1 unspecified atom stereocenters. The number of nitrogens with one attached hydrogen (secondary N) is 1. The maximum Gasteiger partial charge on any atom is 0.266 e. The molecule has 0 aromatic heterocycles. The number of alkyl halides is 2. The van der Waals surface area contributed by atoms with Crippen molar-refractivity contribution in [1.82, 2.24) is 5.32 Å². The van der Waals surface area contributed by atoms with Crippen LogP contribution in [0.2, 0.25) is 0 Å². The van der Waals surface area contributed by atoms with E-state index >= 15 is 0 Å². The predicted molar refractivity (Wildman–Crippen MR) is 61.3 cm³/mol. The van der Waals surface area contributed by atoms with Gasteiger partial charge in [-0.2, -0.15) is 0 Å². The zero-order valence-corrected chi connectivity index (χ0v) is 10.3. The van der Waals surface area contributed by atoms with Gasteiger partial charge < -0.3 is 5.32 Å². The van der Waals surface area contributed by atoms with E-state index in [0.29, 0.717) is 5.56 Å². The average Bonchev–Trinajstić information content (AvgIpc) is 2.20. The van der Waals surface area contributed by atoms with Crippen LogP contribution < -0.4 is 5.32 Å². The Labute approximate surface area is 97.0 Å². The first-order valence-electron chi connectivity index (χ1n) is 4.76. The van der Waals surface area contributed by atoms with Gasteiger partial charge in [-0.3, -0.25) is 0 Å². The number of halogens is 3. The van der Waals surface area contributed by atoms with Crippen molar-refractivity contribution >= 4 is 15.9 Å². The summed E-state index contributed by atoms with van der Waals surface area (Å²) in [7, 11) is 1.54. The maximum absolute atomic E-state index is 13.6. The summed E-state index contributed by atoms with van der Waals surface area (Å²) in [6.45, 7) is 1.48. The molecule has 1 nitrogen and oxygen atoms in total. The van der Waals surface area contributed by atoms with E-state index in [4.69, 9.17) is 0 Å². The fourth-order valence-corrected chi connectivity index (χ4v) is 1.68. The lowest BCUT2D eigenvalue weighted by Crippen LogP contribution is -2.42. The van der Waals surface area contributed by atoms with E-state index in [1.54, 1.807) is 25.2 Å². The molecule has 1 rings (SSSR count). The van der Waals surface area contributed by atoms with Crippen LogP contribution in [-0.4, -0.2) is 19.0 Å². The number of benzene rings is 1. The Balaban J connectivity index is 2.81. The predicted octanol–water partition coefficient (Wildman–Crippen LogP) is 3.23. The van der Waals surface area contributed by atoms with Crippen LogP contribution in [0, 0.1) is 0 Å². The normalized spacial score (nSPS) is 13.9. The first kappa shape index (κ1) is 12.6. The Morgan fingerprint density at radius 3 is 2.53 bits per heavy atom. The molecule has 0 saturated carbocycles. The fourth-order valence-electron chi connectivity index (χ4n) is 1.26. The summed E-state index contributed by atoms with van der Waals surface area (Å²) >= 11 is 3.27. The van der Waals surface area contributed by atoms with Crippen LogP contribution in [0.5, 0.6) is 0 Å². The van der Waals surface area contributed by atoms with E-state index in [-0.39, 0.29) is 6.42 Å². The fraction of sp³-hybridized carbons (Fsp3) is 0.455. The topological polar surface area (TPSA) is 12.0 Å². The quantitative estimate of drug-likeness (QED) is 0.891. The van der Waals surface area contributed by atoms with Crippen molar-refractivity contribution in [2.45, 2.75) is 25.3 Å². The minimum absolute atomic E-state index is 0.254. The molecule has 0 fully saturated rings. The number of rotatable bonds is 4. The van der Waals surface area contributed by atoms with Crippen LogP contribution in [0.1, 0.15) is 12.5 Å². The monoisotopic (exact) mass is 277 g/mol. The molecule has 15 heavy (non-hydrogen) atoms. The van der Waals surface area contributed by atoms with Crippen molar-refractivity contribution in [2.24, 2.45) is 0 Å². The van der Waals surface area contributed by atoms with Crippen LogP contribution in [0.25, 0.3) is 0 Å². The van der Waals surface area contributed by atoms with E-state index in [0.717, 1.165) is 4.47 Å². The summed E-state index contributed by atoms with van der Waals surface area (Å²) in [4.78, 5) is 0. The molecular formula is C11H14BrF2N. The van der Waals surface area contributed by atoms with E-state index < -0.39 is 12.0 Å². The lowest BCUT2D eigenvalue weighted by Gasteiger charge is -2.23. The Kier molecular flexibility index (Phi) is 4.22. The van der Waals surface area contributed by atoms with E-state index in [1.807, 2.05) is 6.07 Å². The van der Waals surface area contributed by atoms with Crippen molar-refractivity contribution in [2.75, 3.05) is 7.05 Å². The Bertz CT molecular complexity index is 328. The second kappa shape index (κ2) is 5.03. The molecule has 0 aliphatic carbocycles. The van der Waals surface area contributed by atoms with Crippen molar-refractivity contribution < 1.29 is 8.78 Å². The van der Waals surface area contributed by atoms with Gasteiger partial charge in [0.25, 0.3) is 5.92 Å². The second-order valence-electron chi connectivity index (χ2n) is 3.54. The molecule has 1 N–H and O–H groups in total. The van der Waals surface area contributed by atoms with E-state index in [2.05, 4.69) is 21.2 Å². The molecule has 0 amide bonds. The Morgan fingerprint density at radius 1 is 1.40 bits per heavy atom. The van der Waals surface area contributed by atoms with Crippen LogP contribution in [0.4, 0.5) is 8.78 Å². The third-order valence-electron chi connectivity index (χ3n) is 2.45. The third-order valence-corrected chi connectivity index (χ3v) is 3.22. The van der Waals surface area contributed by atoms with E-state index in [9.17, 15) is 8.78 Å². The molecule has 1 aromatic carbocycles. The molecule has 0 saturated heterocycles. The maximum atomic E-state index is 13.6. The van der Waals surface area contributed by atoms with Gasteiger partial charge in [-0.1, -0.05) is 34.1 Å². The van der Waals surface area contributed by atoms with Gasteiger partial charge in [0.05, 0.1) is 6.04 Å². The lowest BCUT2D eigenvalue weighted by atomic mass is 10.0. The number of hydrogen-bond acceptors (Lipinski definition) is 1. The standard InChI is InChI=1S/C11H14BrF2N/c1-8(15-2)11(13,14)7-9-5-3-4-6-10(9)12/h3-6,8,15H,7H2,1-2H3. The summed E-state index contributed by atoms with van der Waals surface area (Å²) in [5.74, 6) is -2.74. The van der Waals surface area contributed by atoms with Gasteiger partial charge in [0.15, 0.2) is 0 Å². The third kappa shape index (κ3) is 3.24. The Morgan fingerprint density at radius 2 is 2.00 bits per heavy atom. The van der Waals surface area contributed by atoms with Gasteiger partial charge in [0.1, 0.15) is 0 Å². The summed E-state index contributed by atoms with van der Waals surface area (Å²) in [6.07, 6.45) is -0.254. The molecule has 84 valence electrons. The molecule has 0 heterocycles. The van der Waals surface area contributed by atoms with Gasteiger partial charge in [-0.25, -0.2) is 8.78 Å². The zero-order valence-electron chi connectivity index (χ0n) is 8.73. The van der Waals surface area contributed by atoms with Crippen LogP contribution in [0.15, 0.2) is 28.7 Å². The van der Waals surface area contributed by atoms with Crippen LogP contribution in [-0.2, 0) is 6.42 Å². The Hall–Kier alpha value is -0.480. The van der Waals surface area contributed by atoms with Crippen LogP contribution in [0.3, 0.4) is 0 Å². The minimum atomic E-state index is -2.74. The molecule has 0 aliphatic rings. The second-order valence-corrected chi connectivity index (χ2v) is 4.39.